The van der Waals surface area contributed by atoms with Gasteiger partial charge in [-0.25, -0.2) is 0 Å². The Bertz CT molecular complexity index is 543. The van der Waals surface area contributed by atoms with Crippen LogP contribution in [0.25, 0.3) is 0 Å². The number of rotatable bonds is 3. The van der Waals surface area contributed by atoms with Gasteiger partial charge in [-0.2, -0.15) is 0 Å². The topological polar surface area (TPSA) is 50.4 Å². The highest BCUT2D eigenvalue weighted by atomic mass is 16.5. The molecule has 3 atom stereocenters. The van der Waals surface area contributed by atoms with Crippen LogP contribution in [-0.4, -0.2) is 18.6 Å². The Morgan fingerprint density at radius 3 is 3.05 bits per heavy atom. The first-order valence-corrected chi connectivity index (χ1v) is 7.57. The number of nitrogens with one attached hydrogen (secondary N) is 2. The van der Waals surface area contributed by atoms with E-state index in [2.05, 4.69) is 16.7 Å². The van der Waals surface area contributed by atoms with Crippen LogP contribution < -0.4 is 15.4 Å². The molecule has 0 saturated heterocycles. The van der Waals surface area contributed by atoms with Crippen LogP contribution in [0.15, 0.2) is 18.2 Å². The first-order chi connectivity index (χ1) is 9.78. The number of amides is 1. The molecule has 1 amide bonds. The van der Waals surface area contributed by atoms with Crippen molar-refractivity contribution in [3.63, 3.8) is 0 Å². The second-order valence-electron chi connectivity index (χ2n) is 6.33. The number of anilines is 1. The van der Waals surface area contributed by atoms with Gasteiger partial charge in [0.2, 0.25) is 0 Å². The third-order valence-electron chi connectivity index (χ3n) is 4.98. The van der Waals surface area contributed by atoms with Gasteiger partial charge < -0.3 is 15.4 Å². The molecule has 4 rings (SSSR count). The van der Waals surface area contributed by atoms with Crippen LogP contribution in [0.5, 0.6) is 5.75 Å². The quantitative estimate of drug-likeness (QED) is 0.887. The fourth-order valence-electron chi connectivity index (χ4n) is 3.98. The summed E-state index contributed by atoms with van der Waals surface area (Å²) in [5.41, 5.74) is 2.01. The Labute approximate surface area is 118 Å². The minimum absolute atomic E-state index is 0.0734. The van der Waals surface area contributed by atoms with Gasteiger partial charge in [0.05, 0.1) is 5.69 Å². The zero-order valence-electron chi connectivity index (χ0n) is 11.5. The molecule has 2 bridgehead atoms. The maximum atomic E-state index is 11.3. The van der Waals surface area contributed by atoms with Gasteiger partial charge in [0.15, 0.2) is 6.61 Å². The highest BCUT2D eigenvalue weighted by Crippen LogP contribution is 2.44. The third kappa shape index (κ3) is 2.18. The van der Waals surface area contributed by atoms with E-state index in [1.54, 1.807) is 0 Å². The molecule has 0 spiro atoms. The summed E-state index contributed by atoms with van der Waals surface area (Å²) in [6, 6.07) is 6.74. The van der Waals surface area contributed by atoms with E-state index in [9.17, 15) is 4.79 Å². The zero-order valence-corrected chi connectivity index (χ0v) is 11.5. The van der Waals surface area contributed by atoms with Gasteiger partial charge in [-0.3, -0.25) is 4.79 Å². The number of carbonyl (C=O) groups is 1. The van der Waals surface area contributed by atoms with Crippen molar-refractivity contribution in [2.45, 2.75) is 38.3 Å². The van der Waals surface area contributed by atoms with Crippen LogP contribution in [0.1, 0.15) is 31.2 Å². The lowest BCUT2D eigenvalue weighted by Gasteiger charge is -2.23. The smallest absolute Gasteiger partial charge is 0.262 e. The molecule has 4 nitrogen and oxygen atoms in total. The van der Waals surface area contributed by atoms with Gasteiger partial charge in [0, 0.05) is 12.6 Å². The molecule has 0 radical (unpaired) electrons. The number of hydrogen-bond donors (Lipinski definition) is 2. The molecular formula is C16H20N2O2. The van der Waals surface area contributed by atoms with Crippen LogP contribution in [-0.2, 0) is 11.3 Å². The molecule has 2 aliphatic carbocycles. The van der Waals surface area contributed by atoms with E-state index in [4.69, 9.17) is 4.74 Å². The summed E-state index contributed by atoms with van der Waals surface area (Å²) in [6.07, 6.45) is 5.60. The van der Waals surface area contributed by atoms with Crippen molar-refractivity contribution in [3.8, 4) is 5.75 Å². The van der Waals surface area contributed by atoms with E-state index in [0.717, 1.165) is 29.8 Å². The summed E-state index contributed by atoms with van der Waals surface area (Å²) in [4.78, 5) is 11.3. The van der Waals surface area contributed by atoms with E-state index < -0.39 is 0 Å². The van der Waals surface area contributed by atoms with Gasteiger partial charge >= 0.3 is 0 Å². The second kappa shape index (κ2) is 4.77. The summed E-state index contributed by atoms with van der Waals surface area (Å²) < 4.78 is 5.38. The average Bonchev–Trinajstić information content (AvgIpc) is 3.07. The summed E-state index contributed by atoms with van der Waals surface area (Å²) in [6.45, 7) is 0.993. The number of fused-ring (bicyclic) bond motifs is 3. The highest BCUT2D eigenvalue weighted by Gasteiger charge is 2.38. The molecular weight excluding hydrogens is 252 g/mol. The van der Waals surface area contributed by atoms with Crippen LogP contribution in [0.2, 0.25) is 0 Å². The lowest BCUT2D eigenvalue weighted by molar-refractivity contribution is -0.118. The van der Waals surface area contributed by atoms with Crippen molar-refractivity contribution < 1.29 is 9.53 Å². The molecule has 2 saturated carbocycles. The Morgan fingerprint density at radius 1 is 1.30 bits per heavy atom. The first kappa shape index (κ1) is 12.2. The van der Waals surface area contributed by atoms with E-state index >= 15 is 0 Å². The van der Waals surface area contributed by atoms with Crippen molar-refractivity contribution in [1.82, 2.24) is 5.32 Å². The molecule has 3 aliphatic rings. The van der Waals surface area contributed by atoms with Gasteiger partial charge in [0.1, 0.15) is 5.75 Å². The molecule has 0 aromatic heterocycles. The van der Waals surface area contributed by atoms with Crippen molar-refractivity contribution in [2.24, 2.45) is 11.8 Å². The third-order valence-corrected chi connectivity index (χ3v) is 4.98. The maximum Gasteiger partial charge on any atom is 0.262 e. The number of carbonyl (C=O) groups excluding carboxylic acids is 1. The fourth-order valence-corrected chi connectivity index (χ4v) is 3.98. The fraction of sp³-hybridized carbons (Fsp3) is 0.562. The Balaban J connectivity index is 1.42. The number of ether oxygens (including phenoxy) is 1. The summed E-state index contributed by atoms with van der Waals surface area (Å²) in [5.74, 6) is 2.55. The molecule has 2 N–H and O–H groups in total. The number of benzene rings is 1. The molecule has 1 aliphatic heterocycles. The normalized spacial score (nSPS) is 30.8. The lowest BCUT2D eigenvalue weighted by Crippen LogP contribution is -2.33. The van der Waals surface area contributed by atoms with Gasteiger partial charge in [-0.05, 0) is 48.8 Å². The van der Waals surface area contributed by atoms with Crippen molar-refractivity contribution in [2.75, 3.05) is 11.9 Å². The Hall–Kier alpha value is -1.55. The minimum Gasteiger partial charge on any atom is -0.482 e. The van der Waals surface area contributed by atoms with Crippen molar-refractivity contribution in [3.05, 3.63) is 23.8 Å². The molecule has 2 fully saturated rings. The highest BCUT2D eigenvalue weighted by molar-refractivity contribution is 5.95. The van der Waals surface area contributed by atoms with Crippen molar-refractivity contribution in [1.29, 1.82) is 0 Å². The SMILES string of the molecule is O=C1COc2ccc(CNC3CC4CCC3C4)cc2N1. The van der Waals surface area contributed by atoms with Crippen LogP contribution in [0, 0.1) is 11.8 Å². The summed E-state index contributed by atoms with van der Waals surface area (Å²) in [5, 5.41) is 6.56. The zero-order chi connectivity index (χ0) is 13.5. The molecule has 106 valence electrons. The van der Waals surface area contributed by atoms with Crippen LogP contribution in [0.4, 0.5) is 5.69 Å². The summed E-state index contributed by atoms with van der Waals surface area (Å²) in [7, 11) is 0. The molecule has 4 heteroatoms. The van der Waals surface area contributed by atoms with E-state index in [1.165, 1.54) is 31.2 Å². The average molecular weight is 272 g/mol. The van der Waals surface area contributed by atoms with Crippen LogP contribution in [0.3, 0.4) is 0 Å². The Morgan fingerprint density at radius 2 is 2.25 bits per heavy atom. The van der Waals surface area contributed by atoms with Gasteiger partial charge in [-0.15, -0.1) is 0 Å². The molecule has 1 heterocycles. The molecule has 3 unspecified atom stereocenters. The summed E-state index contributed by atoms with van der Waals surface area (Å²) >= 11 is 0. The predicted octanol–water partition coefficient (Wildman–Crippen LogP) is 2.30. The van der Waals surface area contributed by atoms with Crippen molar-refractivity contribution >= 4 is 11.6 Å². The minimum atomic E-state index is -0.0734. The van der Waals surface area contributed by atoms with Gasteiger partial charge in [-0.1, -0.05) is 12.5 Å². The predicted molar refractivity (Wildman–Crippen MR) is 76.6 cm³/mol. The second-order valence-corrected chi connectivity index (χ2v) is 6.33. The van der Waals surface area contributed by atoms with E-state index in [0.29, 0.717) is 6.04 Å². The van der Waals surface area contributed by atoms with E-state index in [1.807, 2.05) is 12.1 Å². The monoisotopic (exact) mass is 272 g/mol. The Kier molecular flexibility index (Phi) is 2.91. The molecule has 1 aromatic carbocycles. The van der Waals surface area contributed by atoms with E-state index in [-0.39, 0.29) is 12.5 Å². The molecule has 1 aromatic rings. The van der Waals surface area contributed by atoms with Gasteiger partial charge in [0.25, 0.3) is 5.91 Å². The molecule has 20 heavy (non-hydrogen) atoms. The maximum absolute atomic E-state index is 11.3. The standard InChI is InChI=1S/C16H20N2O2/c19-16-9-20-15-4-2-11(7-14(15)18-16)8-17-13-6-10-1-3-12(13)5-10/h2,4,7,10,12-13,17H,1,3,5-6,8-9H2,(H,18,19). The number of hydrogen-bond acceptors (Lipinski definition) is 3. The lowest BCUT2D eigenvalue weighted by atomic mass is 9.95. The largest absolute Gasteiger partial charge is 0.482 e. The first-order valence-electron chi connectivity index (χ1n) is 7.57. The van der Waals surface area contributed by atoms with Crippen LogP contribution >= 0.6 is 0 Å².